The number of ketones is 1. The fourth-order valence-corrected chi connectivity index (χ4v) is 1.57. The fourth-order valence-electron chi connectivity index (χ4n) is 1.35. The zero-order valence-electron chi connectivity index (χ0n) is 10.6. The van der Waals surface area contributed by atoms with Crippen LogP contribution in [0, 0.1) is 0 Å². The highest BCUT2D eigenvalue weighted by molar-refractivity contribution is 6.34. The van der Waals surface area contributed by atoms with Crippen molar-refractivity contribution in [3.05, 3.63) is 16.9 Å². The molecule has 0 saturated carbocycles. The predicted octanol–water partition coefficient (Wildman–Crippen LogP) is 1.36. The first-order valence-corrected chi connectivity index (χ1v) is 5.75. The van der Waals surface area contributed by atoms with Crippen molar-refractivity contribution in [3.63, 3.8) is 0 Å². The normalized spacial score (nSPS) is 11.8. The van der Waals surface area contributed by atoms with Gasteiger partial charge in [0.15, 0.2) is 0 Å². The van der Waals surface area contributed by atoms with Crippen molar-refractivity contribution in [3.8, 4) is 0 Å². The van der Waals surface area contributed by atoms with Crippen molar-refractivity contribution in [1.29, 1.82) is 0 Å². The summed E-state index contributed by atoms with van der Waals surface area (Å²) in [5.74, 6) is -0.0846. The van der Waals surface area contributed by atoms with Crippen LogP contribution in [-0.2, 0) is 11.3 Å². The number of carbonyl (C=O) groups excluding carboxylic acids is 1. The molecule has 0 saturated heterocycles. The first kappa shape index (κ1) is 14.2. The number of carbonyl (C=O) groups is 1. The second kappa shape index (κ2) is 5.62. The number of hydrogen-bond donors (Lipinski definition) is 1. The highest BCUT2D eigenvalue weighted by atomic mass is 35.5. The number of nitrogens with zero attached hydrogens (tertiary/aromatic N) is 2. The van der Waals surface area contributed by atoms with Gasteiger partial charge in [-0.05, 0) is 20.9 Å². The Balaban J connectivity index is 3.03. The van der Waals surface area contributed by atoms with Crippen LogP contribution in [0.3, 0.4) is 0 Å². The summed E-state index contributed by atoms with van der Waals surface area (Å²) in [5.41, 5.74) is -0.253. The summed E-state index contributed by atoms with van der Waals surface area (Å²) in [6.07, 6.45) is 1.48. The summed E-state index contributed by atoms with van der Waals surface area (Å²) in [5, 5.41) is 7.41. The van der Waals surface area contributed by atoms with E-state index in [0.29, 0.717) is 23.9 Å². The number of hydrogen-bond acceptors (Lipinski definition) is 4. The van der Waals surface area contributed by atoms with Crippen molar-refractivity contribution in [2.24, 2.45) is 0 Å². The molecule has 0 aliphatic rings. The summed E-state index contributed by atoms with van der Waals surface area (Å²) >= 11 is 6.01. The van der Waals surface area contributed by atoms with Gasteiger partial charge in [0.2, 0.25) is 5.78 Å². The molecule has 0 atom stereocenters. The van der Waals surface area contributed by atoms with E-state index in [1.165, 1.54) is 6.20 Å². The standard InChI is InChI=1S/C11H18ClN3O2/c1-11(2,13-3)10(16)9-8(12)7-14-15(9)5-6-17-4/h7,13H,5-6H2,1-4H3. The van der Waals surface area contributed by atoms with E-state index >= 15 is 0 Å². The zero-order valence-corrected chi connectivity index (χ0v) is 11.3. The third-order valence-corrected chi connectivity index (χ3v) is 2.99. The predicted molar refractivity (Wildman–Crippen MR) is 66.6 cm³/mol. The van der Waals surface area contributed by atoms with Gasteiger partial charge in [-0.3, -0.25) is 9.48 Å². The molecule has 0 aliphatic carbocycles. The van der Waals surface area contributed by atoms with E-state index in [1.54, 1.807) is 32.7 Å². The lowest BCUT2D eigenvalue weighted by Crippen LogP contribution is -2.45. The Kier molecular flexibility index (Phi) is 4.68. The lowest BCUT2D eigenvalue weighted by molar-refractivity contribution is 0.0875. The third-order valence-electron chi connectivity index (χ3n) is 2.71. The van der Waals surface area contributed by atoms with Gasteiger partial charge in [0.1, 0.15) is 5.69 Å². The van der Waals surface area contributed by atoms with Crippen LogP contribution in [0.1, 0.15) is 24.3 Å². The molecule has 0 bridgehead atoms. The fraction of sp³-hybridized carbons (Fsp3) is 0.636. The molecule has 0 aliphatic heterocycles. The number of aromatic nitrogens is 2. The summed E-state index contributed by atoms with van der Waals surface area (Å²) in [6.45, 7) is 4.60. The van der Waals surface area contributed by atoms with Gasteiger partial charge in [-0.15, -0.1) is 0 Å². The van der Waals surface area contributed by atoms with Crippen LogP contribution >= 0.6 is 11.6 Å². The average Bonchev–Trinajstić information content (AvgIpc) is 2.66. The van der Waals surface area contributed by atoms with E-state index in [-0.39, 0.29) is 5.78 Å². The van der Waals surface area contributed by atoms with Crippen molar-refractivity contribution in [2.45, 2.75) is 25.9 Å². The van der Waals surface area contributed by atoms with Crippen LogP contribution < -0.4 is 5.32 Å². The molecule has 0 amide bonds. The van der Waals surface area contributed by atoms with Gasteiger partial charge in [-0.25, -0.2) is 0 Å². The molecule has 5 nitrogen and oxygen atoms in total. The van der Waals surface area contributed by atoms with Crippen molar-refractivity contribution in [1.82, 2.24) is 15.1 Å². The monoisotopic (exact) mass is 259 g/mol. The topological polar surface area (TPSA) is 56.2 Å². The molecule has 96 valence electrons. The highest BCUT2D eigenvalue weighted by Crippen LogP contribution is 2.20. The Labute approximate surface area is 106 Å². The molecule has 1 rings (SSSR count). The second-order valence-corrected chi connectivity index (χ2v) is 4.67. The van der Waals surface area contributed by atoms with Crippen molar-refractivity contribution < 1.29 is 9.53 Å². The molecular formula is C11H18ClN3O2. The number of methoxy groups -OCH3 is 1. The molecular weight excluding hydrogens is 242 g/mol. The van der Waals surface area contributed by atoms with Gasteiger partial charge in [-0.1, -0.05) is 11.6 Å². The van der Waals surface area contributed by atoms with E-state index in [4.69, 9.17) is 16.3 Å². The number of halogens is 1. The van der Waals surface area contributed by atoms with Crippen LogP contribution in [0.2, 0.25) is 5.02 Å². The summed E-state index contributed by atoms with van der Waals surface area (Å²) in [7, 11) is 3.34. The molecule has 0 spiro atoms. The molecule has 0 fully saturated rings. The third kappa shape index (κ3) is 3.06. The number of Topliss-reactive ketones (excluding diaryl/α,β-unsaturated/α-hetero) is 1. The minimum Gasteiger partial charge on any atom is -0.383 e. The first-order chi connectivity index (χ1) is 7.94. The molecule has 17 heavy (non-hydrogen) atoms. The Bertz CT molecular complexity index is 401. The Morgan fingerprint density at radius 1 is 1.65 bits per heavy atom. The van der Waals surface area contributed by atoms with E-state index in [2.05, 4.69) is 10.4 Å². The maximum atomic E-state index is 12.3. The van der Waals surface area contributed by atoms with Gasteiger partial charge >= 0.3 is 0 Å². The lowest BCUT2D eigenvalue weighted by Gasteiger charge is -2.22. The van der Waals surface area contributed by atoms with Gasteiger partial charge in [0, 0.05) is 7.11 Å². The summed E-state index contributed by atoms with van der Waals surface area (Å²) < 4.78 is 6.55. The molecule has 0 radical (unpaired) electrons. The van der Waals surface area contributed by atoms with E-state index in [0.717, 1.165) is 0 Å². The quantitative estimate of drug-likeness (QED) is 0.784. The SMILES string of the molecule is CNC(C)(C)C(=O)c1c(Cl)cnn1CCOC. The average molecular weight is 260 g/mol. The largest absolute Gasteiger partial charge is 0.383 e. The molecule has 1 N–H and O–H groups in total. The second-order valence-electron chi connectivity index (χ2n) is 4.26. The van der Waals surface area contributed by atoms with Crippen molar-refractivity contribution >= 4 is 17.4 Å². The maximum Gasteiger partial charge on any atom is 0.201 e. The summed E-state index contributed by atoms with van der Waals surface area (Å²) in [4.78, 5) is 12.3. The van der Waals surface area contributed by atoms with Gasteiger partial charge < -0.3 is 10.1 Å². The maximum absolute atomic E-state index is 12.3. The first-order valence-electron chi connectivity index (χ1n) is 5.38. The smallest absolute Gasteiger partial charge is 0.201 e. The van der Waals surface area contributed by atoms with Gasteiger partial charge in [0.05, 0.1) is 29.9 Å². The molecule has 1 aromatic heterocycles. The Morgan fingerprint density at radius 3 is 2.82 bits per heavy atom. The van der Waals surface area contributed by atoms with Crippen LogP contribution in [0.5, 0.6) is 0 Å². The Hall–Kier alpha value is -0.910. The zero-order chi connectivity index (χ0) is 13.1. The molecule has 0 aromatic carbocycles. The molecule has 1 aromatic rings. The lowest BCUT2D eigenvalue weighted by atomic mass is 9.97. The van der Waals surface area contributed by atoms with Crippen LogP contribution in [0.15, 0.2) is 6.20 Å². The summed E-state index contributed by atoms with van der Waals surface area (Å²) in [6, 6.07) is 0. The number of rotatable bonds is 6. The molecule has 1 heterocycles. The number of likely N-dealkylation sites (N-methyl/N-ethyl adjacent to an activating group) is 1. The van der Waals surface area contributed by atoms with Crippen LogP contribution in [0.25, 0.3) is 0 Å². The molecule has 6 heteroatoms. The minimum atomic E-state index is -0.672. The van der Waals surface area contributed by atoms with E-state index in [1.807, 2.05) is 0 Å². The number of ether oxygens (including phenoxy) is 1. The Morgan fingerprint density at radius 2 is 2.29 bits per heavy atom. The van der Waals surface area contributed by atoms with Gasteiger partial charge in [0.25, 0.3) is 0 Å². The highest BCUT2D eigenvalue weighted by Gasteiger charge is 2.31. The van der Waals surface area contributed by atoms with E-state index < -0.39 is 5.54 Å². The number of nitrogens with one attached hydrogen (secondary N) is 1. The molecule has 0 unspecified atom stereocenters. The minimum absolute atomic E-state index is 0.0846. The van der Waals surface area contributed by atoms with Crippen LogP contribution in [-0.4, -0.2) is 41.9 Å². The van der Waals surface area contributed by atoms with Crippen molar-refractivity contribution in [2.75, 3.05) is 20.8 Å². The van der Waals surface area contributed by atoms with Crippen LogP contribution in [0.4, 0.5) is 0 Å². The van der Waals surface area contributed by atoms with Gasteiger partial charge in [-0.2, -0.15) is 5.10 Å². The van der Waals surface area contributed by atoms with E-state index in [9.17, 15) is 4.79 Å².